The first kappa shape index (κ1) is 12.1. The van der Waals surface area contributed by atoms with Gasteiger partial charge in [0.1, 0.15) is 0 Å². The van der Waals surface area contributed by atoms with Crippen molar-refractivity contribution in [3.05, 3.63) is 21.3 Å². The highest BCUT2D eigenvalue weighted by Gasteiger charge is 2.10. The normalized spacial score (nSPS) is 10.6. The number of rotatable bonds is 4. The fourth-order valence-corrected chi connectivity index (χ4v) is 1.95. The van der Waals surface area contributed by atoms with Crippen LogP contribution < -0.4 is 9.47 Å². The molecule has 4 nitrogen and oxygen atoms in total. The number of nitrogens with zero attached hydrogens (tertiary/aromatic N) is 1. The zero-order chi connectivity index (χ0) is 11.3. The second kappa shape index (κ2) is 5.79. The summed E-state index contributed by atoms with van der Waals surface area (Å²) in [5.41, 5.74) is 0.766. The van der Waals surface area contributed by atoms with Crippen LogP contribution in [0.5, 0.6) is 11.5 Å². The number of ether oxygens (including phenoxy) is 2. The van der Waals surface area contributed by atoms with Crippen LogP contribution in [0.25, 0.3) is 0 Å². The Balaban J connectivity index is 3.17. The summed E-state index contributed by atoms with van der Waals surface area (Å²) in [7, 11) is 1.58. The van der Waals surface area contributed by atoms with Crippen LogP contribution in [0.1, 0.15) is 12.5 Å². The van der Waals surface area contributed by atoms with Crippen LogP contribution in [-0.4, -0.2) is 25.1 Å². The monoisotopic (exact) mass is 321 g/mol. The van der Waals surface area contributed by atoms with Crippen LogP contribution in [0, 0.1) is 3.57 Å². The van der Waals surface area contributed by atoms with Crippen molar-refractivity contribution in [3.63, 3.8) is 0 Å². The lowest BCUT2D eigenvalue weighted by molar-refractivity contribution is 0.308. The van der Waals surface area contributed by atoms with E-state index in [1.807, 2.05) is 13.0 Å². The standard InChI is InChI=1S/C10H12INO3/c1-3-15-10-8(11)4-7(6-12-13)5-9(10)14-2/h4-6,13H,3H2,1-2H3/b12-6-. The van der Waals surface area contributed by atoms with Gasteiger partial charge in [0.2, 0.25) is 0 Å². The minimum atomic E-state index is 0.583. The SMILES string of the molecule is CCOc1c(I)cc(/C=N\O)cc1OC. The molecule has 1 aromatic rings. The smallest absolute Gasteiger partial charge is 0.174 e. The Bertz CT molecular complexity index is 366. The van der Waals surface area contributed by atoms with Crippen molar-refractivity contribution in [2.45, 2.75) is 6.92 Å². The van der Waals surface area contributed by atoms with E-state index in [4.69, 9.17) is 14.7 Å². The fraction of sp³-hybridized carbons (Fsp3) is 0.300. The van der Waals surface area contributed by atoms with Crippen molar-refractivity contribution in [2.75, 3.05) is 13.7 Å². The molecule has 0 atom stereocenters. The van der Waals surface area contributed by atoms with Crippen molar-refractivity contribution >= 4 is 28.8 Å². The molecule has 1 N–H and O–H groups in total. The van der Waals surface area contributed by atoms with Crippen molar-refractivity contribution in [3.8, 4) is 11.5 Å². The molecule has 0 spiro atoms. The maximum absolute atomic E-state index is 8.44. The number of hydrogen-bond donors (Lipinski definition) is 1. The molecule has 0 unspecified atom stereocenters. The van der Waals surface area contributed by atoms with E-state index >= 15 is 0 Å². The van der Waals surface area contributed by atoms with E-state index < -0.39 is 0 Å². The Labute approximate surface area is 102 Å². The largest absolute Gasteiger partial charge is 0.493 e. The lowest BCUT2D eigenvalue weighted by atomic mass is 10.2. The molecule has 1 rings (SSSR count). The average molecular weight is 321 g/mol. The molecule has 0 amide bonds. The maximum Gasteiger partial charge on any atom is 0.174 e. The Morgan fingerprint density at radius 2 is 2.27 bits per heavy atom. The molecule has 15 heavy (non-hydrogen) atoms. The number of hydrogen-bond acceptors (Lipinski definition) is 4. The number of methoxy groups -OCH3 is 1. The zero-order valence-corrected chi connectivity index (χ0v) is 10.7. The third kappa shape index (κ3) is 2.98. The summed E-state index contributed by atoms with van der Waals surface area (Å²) >= 11 is 2.15. The lowest BCUT2D eigenvalue weighted by Gasteiger charge is -2.11. The molecule has 0 aromatic heterocycles. The van der Waals surface area contributed by atoms with Crippen molar-refractivity contribution in [1.82, 2.24) is 0 Å². The van der Waals surface area contributed by atoms with Gasteiger partial charge in [-0.05, 0) is 41.6 Å². The summed E-state index contributed by atoms with van der Waals surface area (Å²) in [4.78, 5) is 0. The molecular formula is C10H12INO3. The lowest BCUT2D eigenvalue weighted by Crippen LogP contribution is -1.99. The summed E-state index contributed by atoms with van der Waals surface area (Å²) in [6.07, 6.45) is 1.35. The van der Waals surface area contributed by atoms with Gasteiger partial charge in [-0.15, -0.1) is 0 Å². The topological polar surface area (TPSA) is 51.0 Å². The van der Waals surface area contributed by atoms with Crippen LogP contribution in [0.2, 0.25) is 0 Å². The van der Waals surface area contributed by atoms with Gasteiger partial charge in [0.15, 0.2) is 11.5 Å². The van der Waals surface area contributed by atoms with Gasteiger partial charge in [0.25, 0.3) is 0 Å². The van der Waals surface area contributed by atoms with Gasteiger partial charge in [0, 0.05) is 5.56 Å². The summed E-state index contributed by atoms with van der Waals surface area (Å²) in [6, 6.07) is 3.61. The van der Waals surface area contributed by atoms with E-state index in [0.29, 0.717) is 12.4 Å². The van der Waals surface area contributed by atoms with Gasteiger partial charge in [-0.25, -0.2) is 0 Å². The highest BCUT2D eigenvalue weighted by Crippen LogP contribution is 2.33. The molecule has 5 heteroatoms. The summed E-state index contributed by atoms with van der Waals surface area (Å²) < 4.78 is 11.6. The molecular weight excluding hydrogens is 309 g/mol. The second-order valence-electron chi connectivity index (χ2n) is 2.71. The Morgan fingerprint density at radius 1 is 1.53 bits per heavy atom. The minimum absolute atomic E-state index is 0.583. The third-order valence-corrected chi connectivity index (χ3v) is 2.55. The molecule has 0 radical (unpaired) electrons. The van der Waals surface area contributed by atoms with Gasteiger partial charge in [-0.1, -0.05) is 5.16 Å². The highest BCUT2D eigenvalue weighted by molar-refractivity contribution is 14.1. The van der Waals surface area contributed by atoms with Crippen LogP contribution in [0.15, 0.2) is 17.3 Å². The van der Waals surface area contributed by atoms with Crippen molar-refractivity contribution in [1.29, 1.82) is 0 Å². The number of oxime groups is 1. The molecule has 0 aliphatic carbocycles. The van der Waals surface area contributed by atoms with Gasteiger partial charge in [-0.2, -0.15) is 0 Å². The van der Waals surface area contributed by atoms with E-state index in [0.717, 1.165) is 14.9 Å². The van der Waals surface area contributed by atoms with E-state index in [1.54, 1.807) is 13.2 Å². The number of benzene rings is 1. The average Bonchev–Trinajstić information content (AvgIpc) is 2.22. The van der Waals surface area contributed by atoms with Gasteiger partial charge < -0.3 is 14.7 Å². The predicted molar refractivity (Wildman–Crippen MR) is 66.3 cm³/mol. The summed E-state index contributed by atoms with van der Waals surface area (Å²) in [5.74, 6) is 1.36. The van der Waals surface area contributed by atoms with E-state index in [-0.39, 0.29) is 0 Å². The first-order chi connectivity index (χ1) is 7.22. The zero-order valence-electron chi connectivity index (χ0n) is 8.53. The molecule has 82 valence electrons. The molecule has 0 saturated carbocycles. The molecule has 0 aliphatic heterocycles. The predicted octanol–water partition coefficient (Wildman–Crippen LogP) is 2.51. The van der Waals surface area contributed by atoms with Crippen LogP contribution in [0.3, 0.4) is 0 Å². The summed E-state index contributed by atoms with van der Waals surface area (Å²) in [6.45, 7) is 2.50. The Kier molecular flexibility index (Phi) is 4.67. The molecule has 0 saturated heterocycles. The van der Waals surface area contributed by atoms with Gasteiger partial charge >= 0.3 is 0 Å². The molecule has 0 bridgehead atoms. The summed E-state index contributed by atoms with van der Waals surface area (Å²) in [5, 5.41) is 11.4. The Morgan fingerprint density at radius 3 is 2.80 bits per heavy atom. The Hall–Kier alpha value is -0.980. The minimum Gasteiger partial charge on any atom is -0.493 e. The molecule has 0 fully saturated rings. The second-order valence-corrected chi connectivity index (χ2v) is 3.87. The number of halogens is 1. The third-order valence-electron chi connectivity index (χ3n) is 1.75. The first-order valence-corrected chi connectivity index (χ1v) is 5.48. The van der Waals surface area contributed by atoms with Crippen LogP contribution in [-0.2, 0) is 0 Å². The molecule has 0 aliphatic rings. The van der Waals surface area contributed by atoms with Crippen molar-refractivity contribution in [2.24, 2.45) is 5.16 Å². The van der Waals surface area contributed by atoms with Crippen molar-refractivity contribution < 1.29 is 14.7 Å². The van der Waals surface area contributed by atoms with Crippen LogP contribution in [0.4, 0.5) is 0 Å². The van der Waals surface area contributed by atoms with Gasteiger partial charge in [0.05, 0.1) is 23.5 Å². The first-order valence-electron chi connectivity index (χ1n) is 4.40. The quantitative estimate of drug-likeness (QED) is 0.401. The fourth-order valence-electron chi connectivity index (χ4n) is 1.17. The highest BCUT2D eigenvalue weighted by atomic mass is 127. The molecule has 0 heterocycles. The van der Waals surface area contributed by atoms with E-state index in [1.165, 1.54) is 6.21 Å². The maximum atomic E-state index is 8.44. The van der Waals surface area contributed by atoms with Gasteiger partial charge in [-0.3, -0.25) is 0 Å². The molecule has 1 aromatic carbocycles. The van der Waals surface area contributed by atoms with E-state index in [9.17, 15) is 0 Å². The van der Waals surface area contributed by atoms with E-state index in [2.05, 4.69) is 27.7 Å². The van der Waals surface area contributed by atoms with Crippen LogP contribution >= 0.6 is 22.6 Å².